The summed E-state index contributed by atoms with van der Waals surface area (Å²) < 4.78 is 21.1. The van der Waals surface area contributed by atoms with Gasteiger partial charge in [-0.1, -0.05) is 6.07 Å². The van der Waals surface area contributed by atoms with Gasteiger partial charge in [0.05, 0.1) is 25.9 Å². The maximum Gasteiger partial charge on any atom is 0.272 e. The highest BCUT2D eigenvalue weighted by Crippen LogP contribution is 2.26. The molecule has 3 aromatic rings. The van der Waals surface area contributed by atoms with Crippen LogP contribution in [0.3, 0.4) is 0 Å². The summed E-state index contributed by atoms with van der Waals surface area (Å²) in [5.74, 6) is -1.19. The molecule has 2 aromatic heterocycles. The highest BCUT2D eigenvalue weighted by Gasteiger charge is 2.30. The first-order chi connectivity index (χ1) is 14.6. The number of aromatic amines is 1. The number of methoxy groups -OCH3 is 1. The van der Waals surface area contributed by atoms with E-state index in [1.807, 2.05) is 12.3 Å². The van der Waals surface area contributed by atoms with Gasteiger partial charge in [-0.3, -0.25) is 19.4 Å². The molecule has 1 aromatic carbocycles. The van der Waals surface area contributed by atoms with E-state index in [1.54, 1.807) is 16.9 Å². The molecule has 0 saturated heterocycles. The molecule has 0 bridgehead atoms. The summed E-state index contributed by atoms with van der Waals surface area (Å²) in [5.41, 5.74) is 1.67. The van der Waals surface area contributed by atoms with E-state index < -0.39 is 11.7 Å². The number of carbonyl (C=O) groups excluding carboxylic acids is 2. The standard InChI is InChI=1S/C20H21FN6O3/c1-30-16-5-2-4-14(21)17(16)20(29)26-10-6-13-15(12-26)24-25-18(13)19(28)22-8-11-27-9-3-7-23-27/h2-5,7,9H,6,8,10-12H2,1H3,(H,22,28)(H,24,25). The maximum absolute atomic E-state index is 14.3. The lowest BCUT2D eigenvalue weighted by Gasteiger charge is -2.27. The fourth-order valence-electron chi connectivity index (χ4n) is 3.52. The molecular weight excluding hydrogens is 391 g/mol. The molecule has 30 heavy (non-hydrogen) atoms. The molecule has 0 unspecified atom stereocenters. The first-order valence-corrected chi connectivity index (χ1v) is 9.52. The average molecular weight is 412 g/mol. The van der Waals surface area contributed by atoms with Gasteiger partial charge in [-0.15, -0.1) is 0 Å². The number of hydrogen-bond donors (Lipinski definition) is 2. The van der Waals surface area contributed by atoms with Gasteiger partial charge in [0.1, 0.15) is 17.1 Å². The van der Waals surface area contributed by atoms with Crippen molar-refractivity contribution in [3.05, 3.63) is 65.0 Å². The van der Waals surface area contributed by atoms with Crippen LogP contribution in [0.25, 0.3) is 0 Å². The Hall–Kier alpha value is -3.69. The summed E-state index contributed by atoms with van der Waals surface area (Å²) in [5, 5.41) is 13.9. The number of fused-ring (bicyclic) bond motifs is 1. The number of ether oxygens (including phenoxy) is 1. The van der Waals surface area contributed by atoms with Gasteiger partial charge in [-0.2, -0.15) is 10.2 Å². The number of carbonyl (C=O) groups is 2. The van der Waals surface area contributed by atoms with Gasteiger partial charge in [0.2, 0.25) is 0 Å². The van der Waals surface area contributed by atoms with Gasteiger partial charge in [-0.05, 0) is 24.6 Å². The van der Waals surface area contributed by atoms with E-state index in [2.05, 4.69) is 20.6 Å². The van der Waals surface area contributed by atoms with Crippen LogP contribution in [0.4, 0.5) is 4.39 Å². The second kappa shape index (κ2) is 8.36. The zero-order valence-electron chi connectivity index (χ0n) is 16.4. The van der Waals surface area contributed by atoms with Crippen LogP contribution in [0.2, 0.25) is 0 Å². The monoisotopic (exact) mass is 412 g/mol. The molecule has 1 aliphatic rings. The molecule has 0 atom stereocenters. The van der Waals surface area contributed by atoms with E-state index in [4.69, 9.17) is 4.74 Å². The molecule has 0 aliphatic carbocycles. The predicted octanol–water partition coefficient (Wildman–Crippen LogP) is 1.38. The smallest absolute Gasteiger partial charge is 0.272 e. The van der Waals surface area contributed by atoms with E-state index in [0.717, 1.165) is 5.56 Å². The molecule has 0 spiro atoms. The van der Waals surface area contributed by atoms with Gasteiger partial charge >= 0.3 is 0 Å². The lowest BCUT2D eigenvalue weighted by atomic mass is 10.0. The van der Waals surface area contributed by atoms with Crippen molar-refractivity contribution in [3.8, 4) is 5.75 Å². The zero-order chi connectivity index (χ0) is 21.1. The molecule has 0 radical (unpaired) electrons. The van der Waals surface area contributed by atoms with Crippen molar-refractivity contribution < 1.29 is 18.7 Å². The first kappa shape index (κ1) is 19.6. The van der Waals surface area contributed by atoms with Crippen molar-refractivity contribution in [2.24, 2.45) is 0 Å². The molecule has 4 rings (SSSR count). The number of nitrogens with zero attached hydrogens (tertiary/aromatic N) is 4. The molecule has 0 fully saturated rings. The molecule has 156 valence electrons. The topological polar surface area (TPSA) is 105 Å². The summed E-state index contributed by atoms with van der Waals surface area (Å²) >= 11 is 0. The molecule has 0 saturated carbocycles. The number of aromatic nitrogens is 4. The van der Waals surface area contributed by atoms with E-state index in [0.29, 0.717) is 37.4 Å². The van der Waals surface area contributed by atoms with Crippen molar-refractivity contribution in [3.63, 3.8) is 0 Å². The van der Waals surface area contributed by atoms with Gasteiger partial charge in [0.25, 0.3) is 11.8 Å². The number of hydrogen-bond acceptors (Lipinski definition) is 5. The Labute approximate surface area is 171 Å². The summed E-state index contributed by atoms with van der Waals surface area (Å²) in [7, 11) is 1.39. The van der Waals surface area contributed by atoms with Crippen LogP contribution in [0.1, 0.15) is 32.1 Å². The predicted molar refractivity (Wildman–Crippen MR) is 105 cm³/mol. The van der Waals surface area contributed by atoms with Crippen LogP contribution in [0.5, 0.6) is 5.75 Å². The van der Waals surface area contributed by atoms with Crippen LogP contribution >= 0.6 is 0 Å². The van der Waals surface area contributed by atoms with Crippen LogP contribution in [0.15, 0.2) is 36.7 Å². The third-order valence-electron chi connectivity index (χ3n) is 5.03. The van der Waals surface area contributed by atoms with Gasteiger partial charge < -0.3 is 15.0 Å². The van der Waals surface area contributed by atoms with Crippen molar-refractivity contribution in [2.75, 3.05) is 20.2 Å². The van der Waals surface area contributed by atoms with Crippen molar-refractivity contribution >= 4 is 11.8 Å². The summed E-state index contributed by atoms with van der Waals surface area (Å²) in [4.78, 5) is 26.9. The Morgan fingerprint density at radius 2 is 2.20 bits per heavy atom. The quantitative estimate of drug-likeness (QED) is 0.637. The van der Waals surface area contributed by atoms with E-state index >= 15 is 0 Å². The highest BCUT2D eigenvalue weighted by atomic mass is 19.1. The van der Waals surface area contributed by atoms with Gasteiger partial charge in [-0.25, -0.2) is 4.39 Å². The Kier molecular flexibility index (Phi) is 5.46. The van der Waals surface area contributed by atoms with Crippen LogP contribution in [0, 0.1) is 5.82 Å². The lowest BCUT2D eigenvalue weighted by molar-refractivity contribution is 0.0724. The Morgan fingerprint density at radius 1 is 1.33 bits per heavy atom. The normalized spacial score (nSPS) is 13.1. The van der Waals surface area contributed by atoms with Gasteiger partial charge in [0.15, 0.2) is 5.69 Å². The second-order valence-corrected chi connectivity index (χ2v) is 6.85. The minimum atomic E-state index is -0.632. The number of nitrogens with one attached hydrogen (secondary N) is 2. The number of amides is 2. The Morgan fingerprint density at radius 3 is 2.97 bits per heavy atom. The summed E-state index contributed by atoms with van der Waals surface area (Å²) in [6.45, 7) is 1.52. The lowest BCUT2D eigenvalue weighted by Crippen LogP contribution is -2.37. The third-order valence-corrected chi connectivity index (χ3v) is 5.03. The molecule has 3 heterocycles. The minimum absolute atomic E-state index is 0.0976. The minimum Gasteiger partial charge on any atom is -0.496 e. The molecule has 1 aliphatic heterocycles. The molecular formula is C20H21FN6O3. The number of halogens is 1. The Balaban J connectivity index is 1.44. The average Bonchev–Trinajstić information content (AvgIpc) is 3.42. The van der Waals surface area contributed by atoms with Crippen LogP contribution in [-0.2, 0) is 19.5 Å². The fraction of sp³-hybridized carbons (Fsp3) is 0.300. The fourth-order valence-corrected chi connectivity index (χ4v) is 3.52. The van der Waals surface area contributed by atoms with Crippen molar-refractivity contribution in [1.29, 1.82) is 0 Å². The van der Waals surface area contributed by atoms with E-state index in [1.165, 1.54) is 24.1 Å². The molecule has 9 nitrogen and oxygen atoms in total. The number of H-pyrrole nitrogens is 1. The highest BCUT2D eigenvalue weighted by molar-refractivity contribution is 5.98. The van der Waals surface area contributed by atoms with Gasteiger partial charge in [0, 0.05) is 31.0 Å². The largest absolute Gasteiger partial charge is 0.496 e. The first-order valence-electron chi connectivity index (χ1n) is 9.52. The third kappa shape index (κ3) is 3.76. The number of benzene rings is 1. The van der Waals surface area contributed by atoms with Crippen LogP contribution < -0.4 is 10.1 Å². The van der Waals surface area contributed by atoms with Crippen molar-refractivity contribution in [1.82, 2.24) is 30.2 Å². The van der Waals surface area contributed by atoms with E-state index in [9.17, 15) is 14.0 Å². The maximum atomic E-state index is 14.3. The van der Waals surface area contributed by atoms with Crippen molar-refractivity contribution in [2.45, 2.75) is 19.5 Å². The summed E-state index contributed by atoms with van der Waals surface area (Å²) in [6.07, 6.45) is 3.94. The molecule has 2 amide bonds. The SMILES string of the molecule is COc1cccc(F)c1C(=O)N1CCc2c(C(=O)NCCn3cccn3)n[nH]c2C1. The number of rotatable bonds is 6. The second-order valence-electron chi connectivity index (χ2n) is 6.85. The molecule has 10 heteroatoms. The summed E-state index contributed by atoms with van der Waals surface area (Å²) in [6, 6.07) is 6.09. The van der Waals surface area contributed by atoms with Crippen LogP contribution in [-0.4, -0.2) is 56.9 Å². The van der Waals surface area contributed by atoms with E-state index in [-0.39, 0.29) is 23.8 Å². The zero-order valence-corrected chi connectivity index (χ0v) is 16.4. The molecule has 2 N–H and O–H groups in total. The Bertz CT molecular complexity index is 1060.